The van der Waals surface area contributed by atoms with Crippen molar-refractivity contribution in [1.29, 1.82) is 10.5 Å². The lowest BCUT2D eigenvalue weighted by atomic mass is 10.0. The molecule has 158 valence electrons. The number of aliphatic hydroxyl groups excluding tert-OH is 1. The van der Waals surface area contributed by atoms with Crippen LogP contribution < -0.4 is 0 Å². The molecule has 0 aromatic heterocycles. The maximum absolute atomic E-state index is 12.6. The highest BCUT2D eigenvalue weighted by Crippen LogP contribution is 2.38. The Bertz CT molecular complexity index is 1140. The number of carbonyl (C=O) groups excluding carboxylic acids is 1. The van der Waals surface area contributed by atoms with Crippen LogP contribution in [-0.2, 0) is 11.2 Å². The van der Waals surface area contributed by atoms with E-state index >= 15 is 0 Å². The third-order valence-corrected chi connectivity index (χ3v) is 4.53. The van der Waals surface area contributed by atoms with Gasteiger partial charge in [0.1, 0.15) is 11.8 Å². The van der Waals surface area contributed by atoms with E-state index in [0.29, 0.717) is 18.4 Å². The zero-order valence-corrected chi connectivity index (χ0v) is 16.4. The van der Waals surface area contributed by atoms with Crippen LogP contribution in [0.4, 0.5) is 5.69 Å². The SMILES string of the molecule is CN(CCCc1ccccc1C#N)C(=O)/C(C#N)=C(\O)c1cc(O)c(O)c([N+](=O)[O-])c1. The molecule has 0 bridgehead atoms. The van der Waals surface area contributed by atoms with Gasteiger partial charge in [0.15, 0.2) is 11.3 Å². The number of nitrogens with zero attached hydrogens (tertiary/aromatic N) is 4. The standard InChI is InChI=1S/C21H18N4O6/c1-24(8-4-7-13-5-2-3-6-14(13)11-22)21(29)16(12-23)19(27)15-9-17(25(30)31)20(28)18(26)10-15/h2-3,5-6,9-10,26-28H,4,7-8H2,1H3/b19-16-. The molecule has 0 fully saturated rings. The summed E-state index contributed by atoms with van der Waals surface area (Å²) in [5.74, 6) is -3.58. The molecule has 0 saturated carbocycles. The van der Waals surface area contributed by atoms with Crippen molar-refractivity contribution < 1.29 is 25.0 Å². The number of aryl methyl sites for hydroxylation is 1. The van der Waals surface area contributed by atoms with Crippen LogP contribution in [0.15, 0.2) is 42.0 Å². The second kappa shape index (κ2) is 9.76. The first-order chi connectivity index (χ1) is 14.7. The zero-order chi connectivity index (χ0) is 23.1. The normalized spacial score (nSPS) is 11.1. The highest BCUT2D eigenvalue weighted by Gasteiger charge is 2.25. The summed E-state index contributed by atoms with van der Waals surface area (Å²) < 4.78 is 0. The van der Waals surface area contributed by atoms with Gasteiger partial charge in [-0.15, -0.1) is 0 Å². The predicted octanol–water partition coefficient (Wildman–Crippen LogP) is 2.76. The van der Waals surface area contributed by atoms with Crippen LogP contribution in [0.5, 0.6) is 11.5 Å². The highest BCUT2D eigenvalue weighted by atomic mass is 16.6. The van der Waals surface area contributed by atoms with Gasteiger partial charge in [0.05, 0.1) is 16.6 Å². The Kier molecular flexibility index (Phi) is 7.15. The molecule has 2 aromatic carbocycles. The molecular formula is C21H18N4O6. The number of aliphatic hydroxyl groups is 1. The van der Waals surface area contributed by atoms with Crippen molar-refractivity contribution in [2.24, 2.45) is 0 Å². The Labute approximate surface area is 177 Å². The minimum atomic E-state index is -0.999. The number of benzene rings is 2. The average molecular weight is 422 g/mol. The van der Waals surface area contributed by atoms with Crippen LogP contribution in [0.3, 0.4) is 0 Å². The summed E-state index contributed by atoms with van der Waals surface area (Å²) >= 11 is 0. The fraction of sp³-hybridized carbons (Fsp3) is 0.190. The van der Waals surface area contributed by atoms with Crippen LogP contribution in [0.25, 0.3) is 5.76 Å². The van der Waals surface area contributed by atoms with E-state index in [1.54, 1.807) is 30.3 Å². The van der Waals surface area contributed by atoms with Crippen LogP contribution in [0.1, 0.15) is 23.1 Å². The van der Waals surface area contributed by atoms with Gasteiger partial charge in [-0.05, 0) is 30.5 Å². The summed E-state index contributed by atoms with van der Waals surface area (Å²) in [7, 11) is 1.42. The van der Waals surface area contributed by atoms with Gasteiger partial charge in [-0.3, -0.25) is 14.9 Å². The summed E-state index contributed by atoms with van der Waals surface area (Å²) in [5, 5.41) is 59.0. The van der Waals surface area contributed by atoms with Crippen molar-refractivity contribution in [3.63, 3.8) is 0 Å². The van der Waals surface area contributed by atoms with Gasteiger partial charge in [-0.25, -0.2) is 0 Å². The molecule has 0 spiro atoms. The maximum atomic E-state index is 12.6. The van der Waals surface area contributed by atoms with Crippen molar-refractivity contribution >= 4 is 17.4 Å². The molecule has 0 aliphatic rings. The number of phenolic OH excluding ortho intramolecular Hbond substituents is 2. The lowest BCUT2D eigenvalue weighted by Crippen LogP contribution is -2.29. The number of hydrogen-bond acceptors (Lipinski definition) is 8. The van der Waals surface area contributed by atoms with E-state index in [-0.39, 0.29) is 12.1 Å². The Morgan fingerprint density at radius 1 is 1.23 bits per heavy atom. The molecule has 0 heterocycles. The molecule has 0 atom stereocenters. The second-order valence-electron chi connectivity index (χ2n) is 6.55. The minimum Gasteiger partial charge on any atom is -0.506 e. The third-order valence-electron chi connectivity index (χ3n) is 4.53. The van der Waals surface area contributed by atoms with Gasteiger partial charge in [-0.2, -0.15) is 10.5 Å². The third kappa shape index (κ3) is 5.08. The molecule has 10 heteroatoms. The van der Waals surface area contributed by atoms with E-state index < -0.39 is 39.3 Å². The largest absolute Gasteiger partial charge is 0.506 e. The summed E-state index contributed by atoms with van der Waals surface area (Å²) in [6.07, 6.45) is 0.989. The first-order valence-corrected chi connectivity index (χ1v) is 8.98. The van der Waals surface area contributed by atoms with E-state index in [1.807, 2.05) is 0 Å². The molecule has 10 nitrogen and oxygen atoms in total. The number of phenols is 2. The number of rotatable bonds is 7. The Balaban J connectivity index is 2.22. The average Bonchev–Trinajstić information content (AvgIpc) is 2.75. The second-order valence-corrected chi connectivity index (χ2v) is 6.55. The van der Waals surface area contributed by atoms with E-state index in [9.17, 15) is 35.5 Å². The summed E-state index contributed by atoms with van der Waals surface area (Å²) in [4.78, 5) is 23.8. The lowest BCUT2D eigenvalue weighted by Gasteiger charge is -2.17. The molecule has 0 unspecified atom stereocenters. The number of carbonyl (C=O) groups is 1. The first-order valence-electron chi connectivity index (χ1n) is 8.98. The Morgan fingerprint density at radius 2 is 1.90 bits per heavy atom. The number of nitriles is 2. The molecule has 3 N–H and O–H groups in total. The van der Waals surface area contributed by atoms with Gasteiger partial charge in [0, 0.05) is 25.2 Å². The van der Waals surface area contributed by atoms with Gasteiger partial charge in [0.25, 0.3) is 5.91 Å². The van der Waals surface area contributed by atoms with Crippen LogP contribution in [-0.4, -0.2) is 44.6 Å². The summed E-state index contributed by atoms with van der Waals surface area (Å²) in [5.41, 5.74) is -0.601. The molecule has 0 aliphatic heterocycles. The highest BCUT2D eigenvalue weighted by molar-refractivity contribution is 6.03. The Hall–Kier alpha value is -4.57. The number of nitro groups is 1. The van der Waals surface area contributed by atoms with Crippen LogP contribution in [0.2, 0.25) is 0 Å². The Morgan fingerprint density at radius 3 is 2.52 bits per heavy atom. The summed E-state index contributed by atoms with van der Waals surface area (Å²) in [6.45, 7) is 0.206. The smallest absolute Gasteiger partial charge is 0.315 e. The van der Waals surface area contributed by atoms with Gasteiger partial charge in [-0.1, -0.05) is 18.2 Å². The van der Waals surface area contributed by atoms with Gasteiger partial charge < -0.3 is 20.2 Å². The number of aromatic hydroxyl groups is 2. The zero-order valence-electron chi connectivity index (χ0n) is 16.4. The first kappa shape index (κ1) is 22.7. The fourth-order valence-corrected chi connectivity index (χ4v) is 2.87. The van der Waals surface area contributed by atoms with E-state index in [0.717, 1.165) is 17.7 Å². The van der Waals surface area contributed by atoms with Crippen molar-refractivity contribution in [2.45, 2.75) is 12.8 Å². The maximum Gasteiger partial charge on any atom is 0.315 e. The fourth-order valence-electron chi connectivity index (χ4n) is 2.87. The van der Waals surface area contributed by atoms with Crippen molar-refractivity contribution in [2.75, 3.05) is 13.6 Å². The van der Waals surface area contributed by atoms with Crippen LogP contribution in [0, 0.1) is 32.8 Å². The molecule has 0 aliphatic carbocycles. The van der Waals surface area contributed by atoms with E-state index in [4.69, 9.17) is 5.26 Å². The van der Waals surface area contributed by atoms with E-state index in [2.05, 4.69) is 6.07 Å². The minimum absolute atomic E-state index is 0.206. The molecule has 2 rings (SSSR count). The number of likely N-dealkylation sites (N-methyl/N-ethyl adjacent to an activating group) is 1. The monoisotopic (exact) mass is 422 g/mol. The van der Waals surface area contributed by atoms with Crippen LogP contribution >= 0.6 is 0 Å². The number of hydrogen-bond donors (Lipinski definition) is 3. The lowest BCUT2D eigenvalue weighted by molar-refractivity contribution is -0.386. The quantitative estimate of drug-likeness (QED) is 0.153. The van der Waals surface area contributed by atoms with Crippen molar-refractivity contribution in [1.82, 2.24) is 4.90 Å². The topological polar surface area (TPSA) is 172 Å². The molecule has 1 amide bonds. The van der Waals surface area contributed by atoms with Gasteiger partial charge >= 0.3 is 5.69 Å². The van der Waals surface area contributed by atoms with E-state index in [1.165, 1.54) is 11.9 Å². The van der Waals surface area contributed by atoms with Crippen molar-refractivity contribution in [3.05, 3.63) is 68.8 Å². The molecule has 0 saturated heterocycles. The number of amides is 1. The molecule has 2 aromatic rings. The molecule has 31 heavy (non-hydrogen) atoms. The van der Waals surface area contributed by atoms with Crippen molar-refractivity contribution in [3.8, 4) is 23.6 Å². The predicted molar refractivity (Wildman–Crippen MR) is 109 cm³/mol. The number of nitro benzene ring substituents is 1. The summed E-state index contributed by atoms with van der Waals surface area (Å²) in [6, 6.07) is 12.2. The molecule has 0 radical (unpaired) electrons. The molecular weight excluding hydrogens is 404 g/mol. The van der Waals surface area contributed by atoms with Gasteiger partial charge in [0.2, 0.25) is 5.75 Å².